The highest BCUT2D eigenvalue weighted by molar-refractivity contribution is 6.36. The van der Waals surface area contributed by atoms with Crippen LogP contribution in [0.3, 0.4) is 0 Å². The Kier molecular flexibility index (Phi) is 6.64. The summed E-state index contributed by atoms with van der Waals surface area (Å²) >= 11 is 0. The largest absolute Gasteiger partial charge is 0.308 e. The van der Waals surface area contributed by atoms with Crippen molar-refractivity contribution in [3.63, 3.8) is 0 Å². The fraction of sp³-hybridized carbons (Fsp3) is 0.355. The average Bonchev–Trinajstić information content (AvgIpc) is 4.03. The molecule has 0 spiro atoms. The van der Waals surface area contributed by atoms with Crippen LogP contribution in [0.4, 0.5) is 0 Å². The van der Waals surface area contributed by atoms with Crippen molar-refractivity contribution in [3.8, 4) is 12.1 Å². The standard InChI is InChI=1S/C62H58N4/c1-57(2,3)35-15-17-37-31(19-35)21-41-39-25-44-40(26-43(39)65-45-23-33(27-63)51-53(49(45)47(37)55(41)65)61(11,12)29-59(51,7)8)42-22-32-20-36(58(4,5)6)16-18-38(32)48-50-46(66(44)56(42)48)24-34(28-64)52-54(50)62(13,14)30-60(52,9)10/h15-26H,29-30H2,1-14H3/i25D,26D. The molecule has 0 saturated heterocycles. The smallest absolute Gasteiger partial charge is 0.0995 e. The fourth-order valence-electron chi connectivity index (χ4n) is 14.7. The predicted molar refractivity (Wildman–Crippen MR) is 279 cm³/mol. The zero-order valence-electron chi connectivity index (χ0n) is 43.0. The molecule has 0 fully saturated rings. The van der Waals surface area contributed by atoms with Crippen LogP contribution in [0.2, 0.25) is 0 Å². The number of nitriles is 2. The summed E-state index contributed by atoms with van der Waals surface area (Å²) in [6, 6.07) is 28.7. The van der Waals surface area contributed by atoms with Crippen molar-refractivity contribution in [3.05, 3.63) is 117 Å². The molecule has 2 aliphatic carbocycles. The summed E-state index contributed by atoms with van der Waals surface area (Å²) in [6.45, 7) is 32.0. The van der Waals surface area contributed by atoms with E-state index in [-0.39, 0.29) is 32.5 Å². The van der Waals surface area contributed by atoms with E-state index in [1.54, 1.807) is 0 Å². The van der Waals surface area contributed by atoms with Gasteiger partial charge in [-0.25, -0.2) is 0 Å². The van der Waals surface area contributed by atoms with Crippen molar-refractivity contribution in [1.29, 1.82) is 10.5 Å². The second-order valence-electron chi connectivity index (χ2n) is 25.3. The number of hydrogen-bond donors (Lipinski definition) is 0. The van der Waals surface area contributed by atoms with Crippen LogP contribution in [0.15, 0.2) is 72.7 Å². The summed E-state index contributed by atoms with van der Waals surface area (Å²) in [6.07, 6.45) is 1.83. The van der Waals surface area contributed by atoms with Gasteiger partial charge in [0.15, 0.2) is 0 Å². The number of hydrogen-bond acceptors (Lipinski definition) is 2. The number of rotatable bonds is 0. The second kappa shape index (κ2) is 11.6. The Labute approximate surface area is 389 Å². The van der Waals surface area contributed by atoms with Crippen molar-refractivity contribution >= 4 is 97.7 Å². The summed E-state index contributed by atoms with van der Waals surface area (Å²) in [7, 11) is 0. The van der Waals surface area contributed by atoms with Crippen molar-refractivity contribution in [1.82, 2.24) is 8.80 Å². The Balaban J connectivity index is 1.34. The van der Waals surface area contributed by atoms with Crippen LogP contribution in [0.5, 0.6) is 0 Å². The number of nitrogens with zero attached hydrogens (tertiary/aromatic N) is 4. The van der Waals surface area contributed by atoms with Crippen molar-refractivity contribution in [2.45, 2.75) is 142 Å². The SMILES string of the molecule is [2H]c1c2c3cc4cc(C(C)(C)C)ccc4c4c5c6c(c(C#N)cc5n(c2c([2H])c2c5cc7cc(C(C)(C)C)ccc7c7c8c9c(c(C#N)cc8n(c12)c57)C(C)(C)CC9(C)C)c34)C(C)(C)CC6(C)C. The van der Waals surface area contributed by atoms with E-state index in [0.29, 0.717) is 34.2 Å². The Bertz CT molecular complexity index is 4030. The first kappa shape index (κ1) is 37.8. The maximum absolute atomic E-state index is 11.0. The zero-order chi connectivity index (χ0) is 48.2. The lowest BCUT2D eigenvalue weighted by atomic mass is 9.81. The molecule has 0 N–H and O–H groups in total. The van der Waals surface area contributed by atoms with Crippen molar-refractivity contribution in [2.24, 2.45) is 0 Å². The minimum absolute atomic E-state index is 0.0871. The molecule has 0 bridgehead atoms. The Morgan fingerprint density at radius 2 is 0.818 bits per heavy atom. The van der Waals surface area contributed by atoms with E-state index in [9.17, 15) is 13.3 Å². The molecule has 4 heterocycles. The normalized spacial score (nSPS) is 18.3. The monoisotopic (exact) mass is 860 g/mol. The van der Waals surface area contributed by atoms with Gasteiger partial charge in [-0.15, -0.1) is 0 Å². The molecule has 7 aromatic carbocycles. The molecule has 11 aromatic rings. The van der Waals surface area contributed by atoms with E-state index in [0.717, 1.165) is 99.9 Å². The first-order valence-electron chi connectivity index (χ1n) is 25.0. The third-order valence-corrected chi connectivity index (χ3v) is 16.7. The molecular weight excluding hydrogens is 801 g/mol. The molecule has 0 radical (unpaired) electrons. The third kappa shape index (κ3) is 4.64. The van der Waals surface area contributed by atoms with Crippen LogP contribution in [-0.2, 0) is 32.5 Å². The molecule has 0 amide bonds. The summed E-state index contributed by atoms with van der Waals surface area (Å²) < 4.78 is 26.1. The molecule has 13 rings (SSSR count). The lowest BCUT2D eigenvalue weighted by Gasteiger charge is -2.23. The van der Waals surface area contributed by atoms with Gasteiger partial charge in [0.25, 0.3) is 0 Å². The van der Waals surface area contributed by atoms with E-state index in [4.69, 9.17) is 0 Å². The molecular formula is C62H58N4. The van der Waals surface area contributed by atoms with Gasteiger partial charge in [-0.2, -0.15) is 10.5 Å². The van der Waals surface area contributed by atoms with E-state index in [1.807, 2.05) is 0 Å². The molecule has 326 valence electrons. The molecule has 0 saturated carbocycles. The average molecular weight is 861 g/mol. The lowest BCUT2D eigenvalue weighted by molar-refractivity contribution is 0.403. The first-order chi connectivity index (χ1) is 31.7. The minimum Gasteiger partial charge on any atom is -0.308 e. The van der Waals surface area contributed by atoms with Crippen LogP contribution in [0.25, 0.3) is 97.7 Å². The minimum atomic E-state index is -0.222. The summed E-state index contributed by atoms with van der Waals surface area (Å²) in [5, 5.41) is 34.6. The highest BCUT2D eigenvalue weighted by Gasteiger charge is 2.47. The van der Waals surface area contributed by atoms with Crippen molar-refractivity contribution < 1.29 is 2.74 Å². The van der Waals surface area contributed by atoms with E-state index in [2.05, 4.69) is 179 Å². The number of aromatic nitrogens is 2. The molecule has 0 unspecified atom stereocenters. The van der Waals surface area contributed by atoms with E-state index < -0.39 is 0 Å². The van der Waals surface area contributed by atoms with Crippen LogP contribution in [-0.4, -0.2) is 8.80 Å². The fourth-order valence-corrected chi connectivity index (χ4v) is 14.7. The molecule has 4 heteroatoms. The molecule has 0 atom stereocenters. The van der Waals surface area contributed by atoms with Gasteiger partial charge < -0.3 is 8.80 Å². The maximum atomic E-state index is 11.0. The number of benzene rings is 7. The summed E-state index contributed by atoms with van der Waals surface area (Å²) in [5.41, 5.74) is 12.9. The van der Waals surface area contributed by atoms with Gasteiger partial charge in [-0.3, -0.25) is 0 Å². The maximum Gasteiger partial charge on any atom is 0.0995 e. The molecule has 66 heavy (non-hydrogen) atoms. The van der Waals surface area contributed by atoms with Crippen LogP contribution in [0.1, 0.15) is 157 Å². The van der Waals surface area contributed by atoms with Gasteiger partial charge in [0.05, 0.1) is 59.1 Å². The molecule has 4 nitrogen and oxygen atoms in total. The van der Waals surface area contributed by atoms with Crippen LogP contribution >= 0.6 is 0 Å². The highest BCUT2D eigenvalue weighted by Crippen LogP contribution is 2.59. The zero-order valence-corrected chi connectivity index (χ0v) is 41.0. The quantitative estimate of drug-likeness (QED) is 0.152. The number of fused-ring (bicyclic) bond motifs is 20. The van der Waals surface area contributed by atoms with Gasteiger partial charge in [0, 0.05) is 43.1 Å². The second-order valence-corrected chi connectivity index (χ2v) is 25.3. The van der Waals surface area contributed by atoms with Crippen LogP contribution < -0.4 is 0 Å². The van der Waals surface area contributed by atoms with Gasteiger partial charge in [0.2, 0.25) is 0 Å². The van der Waals surface area contributed by atoms with E-state index >= 15 is 0 Å². The molecule has 0 aliphatic heterocycles. The Morgan fingerprint density at radius 1 is 0.455 bits per heavy atom. The first-order valence-corrected chi connectivity index (χ1v) is 24.0. The Morgan fingerprint density at radius 3 is 1.17 bits per heavy atom. The predicted octanol–water partition coefficient (Wildman–Crippen LogP) is 16.5. The Hall–Kier alpha value is -6.36. The van der Waals surface area contributed by atoms with Gasteiger partial charge in [-0.05, 0) is 137 Å². The van der Waals surface area contributed by atoms with Crippen molar-refractivity contribution in [2.75, 3.05) is 0 Å². The van der Waals surface area contributed by atoms with E-state index in [1.165, 1.54) is 33.0 Å². The van der Waals surface area contributed by atoms with Gasteiger partial charge >= 0.3 is 0 Å². The van der Waals surface area contributed by atoms with Gasteiger partial charge in [0.1, 0.15) is 0 Å². The molecule has 4 aromatic heterocycles. The highest BCUT2D eigenvalue weighted by atomic mass is 14.9. The molecule has 2 aliphatic rings. The lowest BCUT2D eigenvalue weighted by Crippen LogP contribution is -2.18. The van der Waals surface area contributed by atoms with Crippen LogP contribution in [0, 0.1) is 22.7 Å². The summed E-state index contributed by atoms with van der Waals surface area (Å²) in [5.74, 6) is 0. The third-order valence-electron chi connectivity index (χ3n) is 16.7. The van der Waals surface area contributed by atoms with Gasteiger partial charge in [-0.1, -0.05) is 133 Å². The summed E-state index contributed by atoms with van der Waals surface area (Å²) in [4.78, 5) is 0. The topological polar surface area (TPSA) is 56.4 Å².